The highest BCUT2D eigenvalue weighted by Crippen LogP contribution is 2.45. The van der Waals surface area contributed by atoms with Crippen LogP contribution in [0.4, 0.5) is 0 Å². The molecular formula is C75H146O17P2. The Labute approximate surface area is 575 Å². The Morgan fingerprint density at radius 2 is 0.489 bits per heavy atom. The molecule has 0 heterocycles. The summed E-state index contributed by atoms with van der Waals surface area (Å²) in [5.41, 5.74) is 0. The van der Waals surface area contributed by atoms with Gasteiger partial charge >= 0.3 is 39.5 Å². The van der Waals surface area contributed by atoms with Gasteiger partial charge in [0.2, 0.25) is 0 Å². The van der Waals surface area contributed by atoms with E-state index in [2.05, 4.69) is 41.5 Å². The van der Waals surface area contributed by atoms with Gasteiger partial charge in [-0.05, 0) is 37.5 Å². The molecule has 17 nitrogen and oxygen atoms in total. The second kappa shape index (κ2) is 66.9. The van der Waals surface area contributed by atoms with Crippen molar-refractivity contribution >= 4 is 39.5 Å². The molecule has 558 valence electrons. The predicted octanol–water partition coefficient (Wildman–Crippen LogP) is 21.9. The summed E-state index contributed by atoms with van der Waals surface area (Å²) in [4.78, 5) is 72.4. The van der Waals surface area contributed by atoms with Crippen LogP contribution < -0.4 is 0 Å². The molecule has 0 spiro atoms. The third-order valence-corrected chi connectivity index (χ3v) is 19.4. The zero-order chi connectivity index (χ0) is 69.3. The van der Waals surface area contributed by atoms with Crippen molar-refractivity contribution in [1.82, 2.24) is 0 Å². The second-order valence-electron chi connectivity index (χ2n) is 28.0. The molecule has 0 fully saturated rings. The molecule has 0 saturated heterocycles. The van der Waals surface area contributed by atoms with Gasteiger partial charge in [-0.15, -0.1) is 0 Å². The number of hydrogen-bond acceptors (Lipinski definition) is 15. The number of unbranched alkanes of at least 4 members (excludes halogenated alkanes) is 44. The van der Waals surface area contributed by atoms with Gasteiger partial charge in [0.15, 0.2) is 12.2 Å². The maximum Gasteiger partial charge on any atom is 0.472 e. The quantitative estimate of drug-likeness (QED) is 0.0222. The Hall–Kier alpha value is -1.94. The molecule has 0 aliphatic heterocycles. The van der Waals surface area contributed by atoms with E-state index in [0.717, 1.165) is 127 Å². The maximum atomic E-state index is 13.1. The third kappa shape index (κ3) is 68.6. The first-order chi connectivity index (χ1) is 45.4. The molecule has 0 radical (unpaired) electrons. The molecule has 94 heavy (non-hydrogen) atoms. The highest BCUT2D eigenvalue weighted by molar-refractivity contribution is 7.47. The number of phosphoric ester groups is 2. The normalized spacial score (nSPS) is 14.0. The van der Waals surface area contributed by atoms with Gasteiger partial charge in [-0.3, -0.25) is 37.3 Å². The smallest absolute Gasteiger partial charge is 0.462 e. The van der Waals surface area contributed by atoms with Gasteiger partial charge in [-0.25, -0.2) is 9.13 Å². The van der Waals surface area contributed by atoms with Crippen LogP contribution in [0.1, 0.15) is 388 Å². The van der Waals surface area contributed by atoms with Crippen molar-refractivity contribution in [3.05, 3.63) is 0 Å². The van der Waals surface area contributed by atoms with E-state index in [-0.39, 0.29) is 25.7 Å². The van der Waals surface area contributed by atoms with Crippen molar-refractivity contribution in [2.45, 2.75) is 407 Å². The second-order valence-corrected chi connectivity index (χ2v) is 30.9. The minimum absolute atomic E-state index is 0.104. The molecule has 19 heteroatoms. The van der Waals surface area contributed by atoms with Crippen LogP contribution in [0.25, 0.3) is 0 Å². The Morgan fingerprint density at radius 1 is 0.287 bits per heavy atom. The molecule has 0 aliphatic carbocycles. The van der Waals surface area contributed by atoms with Crippen LogP contribution >= 0.6 is 15.6 Å². The fourth-order valence-corrected chi connectivity index (χ4v) is 13.1. The zero-order valence-electron chi connectivity index (χ0n) is 61.3. The summed E-state index contributed by atoms with van der Waals surface area (Å²) >= 11 is 0. The minimum Gasteiger partial charge on any atom is -0.462 e. The van der Waals surface area contributed by atoms with Gasteiger partial charge < -0.3 is 33.8 Å². The number of carbonyl (C=O) groups excluding carboxylic acids is 4. The van der Waals surface area contributed by atoms with Crippen molar-refractivity contribution in [2.24, 2.45) is 11.8 Å². The average Bonchev–Trinajstić information content (AvgIpc) is 2.18. The highest BCUT2D eigenvalue weighted by atomic mass is 31.2. The van der Waals surface area contributed by atoms with Gasteiger partial charge in [0, 0.05) is 25.7 Å². The van der Waals surface area contributed by atoms with Crippen LogP contribution in [0.15, 0.2) is 0 Å². The van der Waals surface area contributed by atoms with Crippen LogP contribution in [0.3, 0.4) is 0 Å². The van der Waals surface area contributed by atoms with E-state index in [1.54, 1.807) is 0 Å². The summed E-state index contributed by atoms with van der Waals surface area (Å²) in [7, 11) is -9.89. The summed E-state index contributed by atoms with van der Waals surface area (Å²) in [5.74, 6) is -0.495. The lowest BCUT2D eigenvalue weighted by molar-refractivity contribution is -0.161. The molecule has 0 aliphatic rings. The van der Waals surface area contributed by atoms with Gasteiger partial charge in [-0.1, -0.05) is 337 Å². The first-order valence-electron chi connectivity index (χ1n) is 39.0. The molecule has 0 saturated carbocycles. The predicted molar refractivity (Wildman–Crippen MR) is 381 cm³/mol. The number of aliphatic hydroxyl groups excluding tert-OH is 1. The number of ether oxygens (including phenoxy) is 4. The molecule has 0 rings (SSSR count). The molecule has 2 unspecified atom stereocenters. The fraction of sp³-hybridized carbons (Fsp3) is 0.947. The summed E-state index contributed by atoms with van der Waals surface area (Å²) in [5, 5.41) is 10.6. The number of phosphoric acid groups is 2. The fourth-order valence-electron chi connectivity index (χ4n) is 11.5. The van der Waals surface area contributed by atoms with E-state index < -0.39 is 97.5 Å². The largest absolute Gasteiger partial charge is 0.472 e. The van der Waals surface area contributed by atoms with E-state index in [1.807, 2.05) is 0 Å². The number of carbonyl (C=O) groups is 4. The Balaban J connectivity index is 5.10. The molecule has 0 aromatic heterocycles. The van der Waals surface area contributed by atoms with Gasteiger partial charge in [0.1, 0.15) is 19.3 Å². The molecule has 0 aromatic rings. The van der Waals surface area contributed by atoms with E-state index in [0.29, 0.717) is 25.7 Å². The lowest BCUT2D eigenvalue weighted by Crippen LogP contribution is -2.30. The average molecular weight is 1380 g/mol. The molecule has 0 aromatic carbocycles. The number of aliphatic hydroxyl groups is 1. The summed E-state index contributed by atoms with van der Waals surface area (Å²) in [6, 6.07) is 0. The van der Waals surface area contributed by atoms with E-state index in [9.17, 15) is 43.2 Å². The van der Waals surface area contributed by atoms with E-state index in [1.165, 1.54) is 180 Å². The number of hydrogen-bond donors (Lipinski definition) is 3. The van der Waals surface area contributed by atoms with Crippen molar-refractivity contribution in [3.8, 4) is 0 Å². The first kappa shape index (κ1) is 92.1. The standard InChI is InChI=1S/C75H146O17P2/c1-7-9-11-13-37-45-51-57-72(77)85-63-70(91-74(79)59-53-47-38-14-12-10-8-2)65-89-93(81,82)87-61-69(76)62-88-94(83,84)90-66-71(64-86-73(78)58-52-46-41-35-31-27-23-20-19-22-26-30-34-40-44-50-56-68(5)6)92-75(80)60-54-48-42-36-32-28-24-18-16-15-17-21-25-29-33-39-43-49-55-67(3)4/h67-71,76H,7-66H2,1-6H3,(H,81,82)(H,83,84)/t69-,70+,71+/m0/s1. The van der Waals surface area contributed by atoms with Crippen LogP contribution in [-0.2, 0) is 65.4 Å². The van der Waals surface area contributed by atoms with Crippen molar-refractivity contribution < 1.29 is 80.2 Å². The Kier molecular flexibility index (Phi) is 65.5. The van der Waals surface area contributed by atoms with Crippen LogP contribution in [-0.4, -0.2) is 96.7 Å². The van der Waals surface area contributed by atoms with Crippen LogP contribution in [0.2, 0.25) is 0 Å². The van der Waals surface area contributed by atoms with Crippen molar-refractivity contribution in [3.63, 3.8) is 0 Å². The van der Waals surface area contributed by atoms with Gasteiger partial charge in [0.05, 0.1) is 26.4 Å². The third-order valence-electron chi connectivity index (χ3n) is 17.5. The molecule has 5 atom stereocenters. The minimum atomic E-state index is -4.95. The molecule has 0 amide bonds. The number of rotatable bonds is 74. The van der Waals surface area contributed by atoms with Crippen molar-refractivity contribution in [2.75, 3.05) is 39.6 Å². The first-order valence-corrected chi connectivity index (χ1v) is 42.0. The lowest BCUT2D eigenvalue weighted by atomic mass is 10.0. The monoisotopic (exact) mass is 1380 g/mol. The van der Waals surface area contributed by atoms with Crippen LogP contribution in [0, 0.1) is 11.8 Å². The van der Waals surface area contributed by atoms with Gasteiger partial charge in [-0.2, -0.15) is 0 Å². The van der Waals surface area contributed by atoms with E-state index in [4.69, 9.17) is 37.0 Å². The number of esters is 4. The highest BCUT2D eigenvalue weighted by Gasteiger charge is 2.30. The maximum absolute atomic E-state index is 13.1. The summed E-state index contributed by atoms with van der Waals surface area (Å²) in [6.45, 7) is 9.56. The van der Waals surface area contributed by atoms with Gasteiger partial charge in [0.25, 0.3) is 0 Å². The molecular weight excluding hydrogens is 1230 g/mol. The summed E-state index contributed by atoms with van der Waals surface area (Å²) < 4.78 is 68.2. The lowest BCUT2D eigenvalue weighted by Gasteiger charge is -2.21. The van der Waals surface area contributed by atoms with Crippen molar-refractivity contribution in [1.29, 1.82) is 0 Å². The van der Waals surface area contributed by atoms with Crippen LogP contribution in [0.5, 0.6) is 0 Å². The Bertz CT molecular complexity index is 1820. The van der Waals surface area contributed by atoms with E-state index >= 15 is 0 Å². The topological polar surface area (TPSA) is 237 Å². The molecule has 3 N–H and O–H groups in total. The molecule has 0 bridgehead atoms. The zero-order valence-corrected chi connectivity index (χ0v) is 63.1. The summed E-state index contributed by atoms with van der Waals surface area (Å²) in [6.07, 6.45) is 54.6. The SMILES string of the molecule is CCCCCCCCCC(=O)OC[C@H](COP(=O)(O)OC[C@H](O)COP(=O)(O)OC[C@@H](COC(=O)CCCCCCCCCCCCCCCCCCC(C)C)OC(=O)CCCCCCCCCCCCCCCCCCCCC(C)C)OC(=O)CCCCCCCCC. The Morgan fingerprint density at radius 3 is 0.723 bits per heavy atom.